The number of hydrogen-bond donors (Lipinski definition) is 0. The van der Waals surface area contributed by atoms with Gasteiger partial charge in [-0.2, -0.15) is 9.36 Å². The van der Waals surface area contributed by atoms with Crippen molar-refractivity contribution in [1.29, 1.82) is 0 Å². The number of benzene rings is 2. The van der Waals surface area contributed by atoms with Gasteiger partial charge in [-0.15, -0.1) is 0 Å². The smallest absolute Gasteiger partial charge is 0.368 e. The fourth-order valence-electron chi connectivity index (χ4n) is 3.43. The first kappa shape index (κ1) is 20.8. The van der Waals surface area contributed by atoms with Gasteiger partial charge in [-0.05, 0) is 84.3 Å². The zero-order valence-corrected chi connectivity index (χ0v) is 18.5. The van der Waals surface area contributed by atoms with Crippen LogP contribution >= 0.6 is 11.6 Å². The Morgan fingerprint density at radius 1 is 1.00 bits per heavy atom. The maximum atomic E-state index is 12.3. The molecule has 4 aromatic rings. The van der Waals surface area contributed by atoms with Gasteiger partial charge in [0.2, 0.25) is 0 Å². The van der Waals surface area contributed by atoms with Gasteiger partial charge < -0.3 is 4.74 Å². The Morgan fingerprint density at radius 2 is 1.81 bits per heavy atom. The third-order valence-electron chi connectivity index (χ3n) is 5.12. The molecule has 0 spiro atoms. The first-order valence-corrected chi connectivity index (χ1v) is 10.2. The van der Waals surface area contributed by atoms with E-state index in [1.54, 1.807) is 7.05 Å². The minimum atomic E-state index is -0.309. The lowest BCUT2D eigenvalue weighted by atomic mass is 10.1. The molecule has 0 N–H and O–H groups in total. The van der Waals surface area contributed by atoms with Crippen LogP contribution in [-0.4, -0.2) is 24.8 Å². The highest BCUT2D eigenvalue weighted by atomic mass is 35.5. The van der Waals surface area contributed by atoms with Crippen LogP contribution in [0.5, 0.6) is 5.75 Å². The van der Waals surface area contributed by atoms with Crippen LogP contribution in [0.1, 0.15) is 22.3 Å². The zero-order valence-electron chi connectivity index (χ0n) is 17.8. The Bertz CT molecular complexity index is 1310. The summed E-state index contributed by atoms with van der Waals surface area (Å²) in [7, 11) is 1.57. The summed E-state index contributed by atoms with van der Waals surface area (Å²) in [6.07, 6.45) is 0. The summed E-state index contributed by atoms with van der Waals surface area (Å²) in [4.78, 5) is 16.7. The van der Waals surface area contributed by atoms with Gasteiger partial charge in [0, 0.05) is 18.2 Å². The Labute approximate surface area is 184 Å². The molecule has 7 nitrogen and oxygen atoms in total. The number of tetrazole rings is 1. The molecule has 31 heavy (non-hydrogen) atoms. The van der Waals surface area contributed by atoms with Crippen LogP contribution in [0.3, 0.4) is 0 Å². The minimum Gasteiger partial charge on any atom is -0.489 e. The number of pyridine rings is 1. The summed E-state index contributed by atoms with van der Waals surface area (Å²) in [6, 6.07) is 15.4. The first-order valence-electron chi connectivity index (χ1n) is 9.79. The molecule has 2 aromatic heterocycles. The van der Waals surface area contributed by atoms with Gasteiger partial charge in [0.25, 0.3) is 0 Å². The average molecular weight is 436 g/mol. The molecule has 0 aliphatic carbocycles. The van der Waals surface area contributed by atoms with E-state index in [0.29, 0.717) is 17.4 Å². The second-order valence-electron chi connectivity index (χ2n) is 7.49. The molecule has 0 radical (unpaired) electrons. The van der Waals surface area contributed by atoms with Crippen LogP contribution in [0.15, 0.2) is 53.3 Å². The number of rotatable bonds is 5. The van der Waals surface area contributed by atoms with Gasteiger partial charge in [-0.25, -0.2) is 9.78 Å². The molecule has 2 heterocycles. The van der Waals surface area contributed by atoms with Gasteiger partial charge in [0.15, 0.2) is 0 Å². The Hall–Kier alpha value is -3.45. The molecular formula is C23H22ClN5O2. The highest BCUT2D eigenvalue weighted by Crippen LogP contribution is 2.28. The quantitative estimate of drug-likeness (QED) is 0.439. The van der Waals surface area contributed by atoms with Gasteiger partial charge >= 0.3 is 5.69 Å². The third-order valence-corrected chi connectivity index (χ3v) is 5.31. The van der Waals surface area contributed by atoms with Gasteiger partial charge in [0.1, 0.15) is 17.5 Å². The first-order chi connectivity index (χ1) is 14.8. The largest absolute Gasteiger partial charge is 0.489 e. The van der Waals surface area contributed by atoms with Crippen molar-refractivity contribution in [3.05, 3.63) is 86.4 Å². The maximum absolute atomic E-state index is 12.3. The molecule has 0 saturated heterocycles. The lowest BCUT2D eigenvalue weighted by Gasteiger charge is -2.15. The molecule has 0 atom stereocenters. The predicted molar refractivity (Wildman–Crippen MR) is 120 cm³/mol. The third kappa shape index (κ3) is 4.22. The lowest BCUT2D eigenvalue weighted by molar-refractivity contribution is 0.302. The van der Waals surface area contributed by atoms with Crippen molar-refractivity contribution in [2.45, 2.75) is 27.4 Å². The molecule has 2 aromatic carbocycles. The minimum absolute atomic E-state index is 0.291. The number of ether oxygens (including phenoxy) is 1. The Kier molecular flexibility index (Phi) is 5.61. The maximum Gasteiger partial charge on any atom is 0.368 e. The standard InChI is InChI=1S/C23H22ClN5O2/c1-14-10-19(25-22(24)11-14)17-8-9-21(16(3)12-17)31-13-18-15(2)6-5-7-20(18)29-23(30)28(4)26-27-29/h5-12H,13H2,1-4H3. The normalized spacial score (nSPS) is 11.0. The van der Waals surface area contributed by atoms with E-state index in [1.165, 1.54) is 9.36 Å². The summed E-state index contributed by atoms with van der Waals surface area (Å²) >= 11 is 6.11. The van der Waals surface area contributed by atoms with E-state index >= 15 is 0 Å². The van der Waals surface area contributed by atoms with Crippen LogP contribution in [0, 0.1) is 20.8 Å². The fraction of sp³-hybridized carbons (Fsp3) is 0.217. The molecule has 0 unspecified atom stereocenters. The van der Waals surface area contributed by atoms with Crippen LogP contribution in [0.25, 0.3) is 16.9 Å². The summed E-state index contributed by atoms with van der Waals surface area (Å²) in [6.45, 7) is 6.25. The zero-order chi connectivity index (χ0) is 22.1. The Morgan fingerprint density at radius 3 is 2.48 bits per heavy atom. The van der Waals surface area contributed by atoms with E-state index < -0.39 is 0 Å². The van der Waals surface area contributed by atoms with Crippen LogP contribution < -0.4 is 10.4 Å². The lowest BCUT2D eigenvalue weighted by Crippen LogP contribution is -2.23. The van der Waals surface area contributed by atoms with E-state index in [4.69, 9.17) is 16.3 Å². The Balaban J connectivity index is 1.62. The molecule has 0 saturated carbocycles. The van der Waals surface area contributed by atoms with Crippen molar-refractivity contribution in [3.63, 3.8) is 0 Å². The highest BCUT2D eigenvalue weighted by molar-refractivity contribution is 6.29. The summed E-state index contributed by atoms with van der Waals surface area (Å²) in [5.41, 5.74) is 6.05. The van der Waals surface area contributed by atoms with Crippen molar-refractivity contribution in [2.24, 2.45) is 7.05 Å². The number of aryl methyl sites for hydroxylation is 4. The van der Waals surface area contributed by atoms with Crippen molar-refractivity contribution in [1.82, 2.24) is 24.8 Å². The van der Waals surface area contributed by atoms with E-state index in [2.05, 4.69) is 15.4 Å². The van der Waals surface area contributed by atoms with Crippen LogP contribution in [0.4, 0.5) is 0 Å². The number of aromatic nitrogens is 5. The van der Waals surface area contributed by atoms with Gasteiger partial charge in [-0.1, -0.05) is 23.7 Å². The molecule has 0 fully saturated rings. The van der Waals surface area contributed by atoms with Crippen LogP contribution in [-0.2, 0) is 13.7 Å². The number of halogens is 1. The number of nitrogens with zero attached hydrogens (tertiary/aromatic N) is 5. The summed E-state index contributed by atoms with van der Waals surface area (Å²) in [5.74, 6) is 0.753. The predicted octanol–water partition coefficient (Wildman–Crippen LogP) is 4.19. The topological polar surface area (TPSA) is 74.8 Å². The molecule has 158 valence electrons. The molecule has 0 bridgehead atoms. The van der Waals surface area contributed by atoms with E-state index in [-0.39, 0.29) is 5.69 Å². The average Bonchev–Trinajstić information content (AvgIpc) is 3.05. The second-order valence-corrected chi connectivity index (χ2v) is 7.88. The van der Waals surface area contributed by atoms with E-state index in [9.17, 15) is 4.79 Å². The van der Waals surface area contributed by atoms with Crippen LogP contribution in [0.2, 0.25) is 5.15 Å². The molecule has 8 heteroatoms. The van der Waals surface area contributed by atoms with Crippen molar-refractivity contribution < 1.29 is 4.74 Å². The fourth-order valence-corrected chi connectivity index (χ4v) is 3.69. The molecule has 4 rings (SSSR count). The SMILES string of the molecule is Cc1cc(Cl)nc(-c2ccc(OCc3c(C)cccc3-n3nnn(C)c3=O)c(C)c2)c1. The molecule has 0 amide bonds. The number of hydrogen-bond acceptors (Lipinski definition) is 5. The van der Waals surface area contributed by atoms with Crippen molar-refractivity contribution in [2.75, 3.05) is 0 Å². The van der Waals surface area contributed by atoms with E-state index in [1.807, 2.05) is 69.3 Å². The monoisotopic (exact) mass is 435 g/mol. The molecule has 0 aliphatic heterocycles. The summed E-state index contributed by atoms with van der Waals surface area (Å²) < 4.78 is 8.62. The summed E-state index contributed by atoms with van der Waals surface area (Å²) in [5, 5.41) is 8.24. The second kappa shape index (κ2) is 8.35. The van der Waals surface area contributed by atoms with Gasteiger partial charge in [0.05, 0.1) is 11.4 Å². The highest BCUT2D eigenvalue weighted by Gasteiger charge is 2.14. The van der Waals surface area contributed by atoms with E-state index in [0.717, 1.165) is 39.3 Å². The molecule has 0 aliphatic rings. The van der Waals surface area contributed by atoms with Crippen molar-refractivity contribution in [3.8, 4) is 22.7 Å². The molecular weight excluding hydrogens is 414 g/mol. The van der Waals surface area contributed by atoms with Crippen molar-refractivity contribution >= 4 is 11.6 Å². The van der Waals surface area contributed by atoms with Gasteiger partial charge in [-0.3, -0.25) is 0 Å².